The number of hydrogen-bond acceptors (Lipinski definition) is 3. The smallest absolute Gasteiger partial charge is 0.220 e. The summed E-state index contributed by atoms with van der Waals surface area (Å²) < 4.78 is 0. The third kappa shape index (κ3) is 3.90. The molecule has 2 heterocycles. The van der Waals surface area contributed by atoms with Crippen molar-refractivity contribution in [3.8, 4) is 0 Å². The zero-order valence-corrected chi connectivity index (χ0v) is 15.1. The van der Waals surface area contributed by atoms with Crippen LogP contribution in [0.4, 0.5) is 0 Å². The van der Waals surface area contributed by atoms with Crippen LogP contribution in [0.3, 0.4) is 0 Å². The third-order valence-corrected chi connectivity index (χ3v) is 6.62. The van der Waals surface area contributed by atoms with Crippen molar-refractivity contribution in [2.24, 2.45) is 11.7 Å². The Bertz CT molecular complexity index is 576. The highest BCUT2D eigenvalue weighted by molar-refractivity contribution is 5.76. The molecule has 1 amide bonds. The molecular formula is C21H31N3O. The van der Waals surface area contributed by atoms with Crippen LogP contribution < -0.4 is 11.1 Å². The first-order valence-corrected chi connectivity index (χ1v) is 10.0. The van der Waals surface area contributed by atoms with Gasteiger partial charge < -0.3 is 11.1 Å². The molecule has 4 nitrogen and oxygen atoms in total. The van der Waals surface area contributed by atoms with E-state index in [-0.39, 0.29) is 11.9 Å². The first-order valence-electron chi connectivity index (χ1n) is 10.0. The van der Waals surface area contributed by atoms with Gasteiger partial charge in [0, 0.05) is 37.1 Å². The van der Waals surface area contributed by atoms with Crippen molar-refractivity contribution >= 4 is 5.91 Å². The number of amides is 1. The lowest BCUT2D eigenvalue weighted by Crippen LogP contribution is -2.50. The van der Waals surface area contributed by atoms with E-state index >= 15 is 0 Å². The standard InChI is InChI=1S/C21H31N3O/c22-20-8-4-7-16(20)11-21(25)23-17-12-18-9-10-19(13-17)24(18)14-15-5-2-1-3-6-15/h1-3,5-6,16-20H,4,7-14,22H2,(H,23,25)/t16-,17?,18?,19?,20+/m0/s1. The first-order chi connectivity index (χ1) is 12.2. The fraction of sp³-hybridized carbons (Fsp3) is 0.667. The summed E-state index contributed by atoms with van der Waals surface area (Å²) in [5.74, 6) is 0.623. The van der Waals surface area contributed by atoms with E-state index in [9.17, 15) is 4.79 Å². The van der Waals surface area contributed by atoms with Crippen LogP contribution in [-0.4, -0.2) is 35.0 Å². The van der Waals surface area contributed by atoms with Gasteiger partial charge in [-0.25, -0.2) is 0 Å². The largest absolute Gasteiger partial charge is 0.353 e. The molecule has 4 atom stereocenters. The van der Waals surface area contributed by atoms with Crippen molar-refractivity contribution < 1.29 is 4.79 Å². The summed E-state index contributed by atoms with van der Waals surface area (Å²) in [5.41, 5.74) is 7.52. The second kappa shape index (κ2) is 7.46. The Hall–Kier alpha value is -1.39. The molecule has 4 rings (SSSR count). The van der Waals surface area contributed by atoms with Gasteiger partial charge in [-0.1, -0.05) is 36.8 Å². The number of benzene rings is 1. The molecule has 2 aliphatic heterocycles. The highest BCUT2D eigenvalue weighted by atomic mass is 16.1. The topological polar surface area (TPSA) is 58.4 Å². The minimum Gasteiger partial charge on any atom is -0.353 e. The van der Waals surface area contributed by atoms with Crippen LogP contribution in [0.2, 0.25) is 0 Å². The highest BCUT2D eigenvalue weighted by Crippen LogP contribution is 2.37. The molecular weight excluding hydrogens is 310 g/mol. The lowest BCUT2D eigenvalue weighted by molar-refractivity contribution is -0.123. The molecule has 0 radical (unpaired) electrons. The molecule has 0 aromatic heterocycles. The Labute approximate surface area is 151 Å². The van der Waals surface area contributed by atoms with E-state index in [1.807, 2.05) is 0 Å². The van der Waals surface area contributed by atoms with Crippen LogP contribution in [0.1, 0.15) is 56.9 Å². The van der Waals surface area contributed by atoms with Crippen molar-refractivity contribution in [1.29, 1.82) is 0 Å². The lowest BCUT2D eigenvalue weighted by atomic mass is 9.95. The van der Waals surface area contributed by atoms with Gasteiger partial charge in [0.05, 0.1) is 0 Å². The lowest BCUT2D eigenvalue weighted by Gasteiger charge is -2.39. The zero-order valence-electron chi connectivity index (χ0n) is 15.1. The highest BCUT2D eigenvalue weighted by Gasteiger charge is 2.41. The van der Waals surface area contributed by atoms with Gasteiger partial charge in [0.2, 0.25) is 5.91 Å². The van der Waals surface area contributed by atoms with Gasteiger partial charge in [-0.2, -0.15) is 0 Å². The number of nitrogens with zero attached hydrogens (tertiary/aromatic N) is 1. The number of nitrogens with one attached hydrogen (secondary N) is 1. The van der Waals surface area contributed by atoms with Crippen molar-refractivity contribution in [2.75, 3.05) is 0 Å². The Morgan fingerprint density at radius 3 is 2.44 bits per heavy atom. The van der Waals surface area contributed by atoms with E-state index in [0.29, 0.717) is 30.5 Å². The number of piperidine rings is 1. The SMILES string of the molecule is N[C@@H]1CCC[C@H]1CC(=O)NC1CC2CCC(C1)N2Cc1ccccc1. The molecule has 3 aliphatic rings. The first kappa shape index (κ1) is 17.0. The number of nitrogens with two attached hydrogens (primary N) is 1. The van der Waals surface area contributed by atoms with Gasteiger partial charge >= 0.3 is 0 Å². The third-order valence-electron chi connectivity index (χ3n) is 6.62. The van der Waals surface area contributed by atoms with E-state index in [2.05, 4.69) is 40.5 Å². The van der Waals surface area contributed by atoms with Crippen molar-refractivity contribution in [1.82, 2.24) is 10.2 Å². The summed E-state index contributed by atoms with van der Waals surface area (Å²) in [6.07, 6.45) is 8.77. The number of fused-ring (bicyclic) bond motifs is 2. The van der Waals surface area contributed by atoms with Crippen LogP contribution in [-0.2, 0) is 11.3 Å². The molecule has 136 valence electrons. The molecule has 1 aliphatic carbocycles. The van der Waals surface area contributed by atoms with Crippen molar-refractivity contribution in [2.45, 2.75) is 82.1 Å². The summed E-state index contributed by atoms with van der Waals surface area (Å²) in [6, 6.07) is 12.6. The predicted molar refractivity (Wildman–Crippen MR) is 99.9 cm³/mol. The van der Waals surface area contributed by atoms with E-state index in [1.54, 1.807) is 0 Å². The molecule has 1 aromatic carbocycles. The summed E-state index contributed by atoms with van der Waals surface area (Å²) in [6.45, 7) is 1.05. The maximum Gasteiger partial charge on any atom is 0.220 e. The molecule has 3 N–H and O–H groups in total. The maximum absolute atomic E-state index is 12.4. The monoisotopic (exact) mass is 341 g/mol. The van der Waals surface area contributed by atoms with Crippen molar-refractivity contribution in [3.05, 3.63) is 35.9 Å². The molecule has 1 saturated carbocycles. The summed E-state index contributed by atoms with van der Waals surface area (Å²) in [4.78, 5) is 15.1. The van der Waals surface area contributed by atoms with E-state index < -0.39 is 0 Å². The number of hydrogen-bond donors (Lipinski definition) is 2. The Kier molecular flexibility index (Phi) is 5.09. The van der Waals surface area contributed by atoms with Gasteiger partial charge in [-0.15, -0.1) is 0 Å². The van der Waals surface area contributed by atoms with Crippen LogP contribution in [0, 0.1) is 5.92 Å². The summed E-state index contributed by atoms with van der Waals surface area (Å²) in [7, 11) is 0. The van der Waals surface area contributed by atoms with E-state index in [4.69, 9.17) is 5.73 Å². The summed E-state index contributed by atoms with van der Waals surface area (Å²) in [5, 5.41) is 3.33. The average molecular weight is 341 g/mol. The molecule has 4 heteroatoms. The molecule has 2 unspecified atom stereocenters. The van der Waals surface area contributed by atoms with Gasteiger partial charge in [-0.3, -0.25) is 9.69 Å². The number of carbonyl (C=O) groups excluding carboxylic acids is 1. The Morgan fingerprint density at radius 2 is 1.80 bits per heavy atom. The fourth-order valence-corrected chi connectivity index (χ4v) is 5.29. The molecule has 2 saturated heterocycles. The average Bonchev–Trinajstić information content (AvgIpc) is 3.09. The zero-order chi connectivity index (χ0) is 17.2. The number of rotatable bonds is 5. The van der Waals surface area contributed by atoms with E-state index in [0.717, 1.165) is 32.2 Å². The summed E-state index contributed by atoms with van der Waals surface area (Å²) >= 11 is 0. The Balaban J connectivity index is 1.30. The normalized spacial score (nSPS) is 35.0. The van der Waals surface area contributed by atoms with Gasteiger partial charge in [0.15, 0.2) is 0 Å². The minimum atomic E-state index is 0.225. The van der Waals surface area contributed by atoms with Gasteiger partial charge in [-0.05, 0) is 50.0 Å². The van der Waals surface area contributed by atoms with Gasteiger partial charge in [0.25, 0.3) is 0 Å². The van der Waals surface area contributed by atoms with Crippen LogP contribution >= 0.6 is 0 Å². The molecule has 0 spiro atoms. The second-order valence-corrected chi connectivity index (χ2v) is 8.34. The van der Waals surface area contributed by atoms with Crippen molar-refractivity contribution in [3.63, 3.8) is 0 Å². The molecule has 3 fully saturated rings. The predicted octanol–water partition coefficient (Wildman–Crippen LogP) is 2.82. The maximum atomic E-state index is 12.4. The van der Waals surface area contributed by atoms with Crippen LogP contribution in [0.5, 0.6) is 0 Å². The molecule has 25 heavy (non-hydrogen) atoms. The van der Waals surface area contributed by atoms with Gasteiger partial charge in [0.1, 0.15) is 0 Å². The second-order valence-electron chi connectivity index (χ2n) is 8.34. The van der Waals surface area contributed by atoms with Crippen LogP contribution in [0.25, 0.3) is 0 Å². The minimum absolute atomic E-state index is 0.225. The van der Waals surface area contributed by atoms with Crippen LogP contribution in [0.15, 0.2) is 30.3 Å². The Morgan fingerprint density at radius 1 is 1.08 bits per heavy atom. The quantitative estimate of drug-likeness (QED) is 0.866. The number of carbonyl (C=O) groups is 1. The van der Waals surface area contributed by atoms with E-state index in [1.165, 1.54) is 24.8 Å². The fourth-order valence-electron chi connectivity index (χ4n) is 5.29. The molecule has 1 aromatic rings. The molecule has 2 bridgehead atoms.